The maximum absolute atomic E-state index is 11.3. The topological polar surface area (TPSA) is 92.4 Å². The molecule has 0 aliphatic carbocycles. The molecule has 2 N–H and O–H groups in total. The lowest BCUT2D eigenvalue weighted by Gasteiger charge is -2.49. The van der Waals surface area contributed by atoms with Crippen molar-refractivity contribution in [2.75, 3.05) is 31.6 Å². The number of aryl methyl sites for hydroxylation is 1. The Hall–Kier alpha value is -1.77. The van der Waals surface area contributed by atoms with Crippen LogP contribution in [0.1, 0.15) is 18.9 Å². The fourth-order valence-electron chi connectivity index (χ4n) is 3.14. The molecule has 0 unspecified atom stereocenters. The van der Waals surface area contributed by atoms with Crippen molar-refractivity contribution in [3.05, 3.63) is 30.1 Å². The lowest BCUT2D eigenvalue weighted by atomic mass is 9.78. The predicted molar refractivity (Wildman–Crippen MR) is 94.9 cm³/mol. The minimum atomic E-state index is -3.61. The Morgan fingerprint density at radius 2 is 2.04 bits per heavy atom. The highest BCUT2D eigenvalue weighted by Gasteiger charge is 2.40. The van der Waals surface area contributed by atoms with Gasteiger partial charge in [0.15, 0.2) is 0 Å². The van der Waals surface area contributed by atoms with Crippen molar-refractivity contribution in [3.63, 3.8) is 0 Å². The van der Waals surface area contributed by atoms with Crippen molar-refractivity contribution in [2.45, 2.75) is 20.3 Å². The van der Waals surface area contributed by atoms with Crippen LogP contribution in [0.15, 0.2) is 24.5 Å². The Morgan fingerprint density at radius 1 is 1.33 bits per heavy atom. The molecule has 3 rings (SSSR count). The first kappa shape index (κ1) is 17.1. The van der Waals surface area contributed by atoms with E-state index in [1.807, 2.05) is 6.92 Å². The largest absolute Gasteiger partial charge is 0.355 e. The van der Waals surface area contributed by atoms with E-state index >= 15 is 0 Å². The van der Waals surface area contributed by atoms with Crippen LogP contribution >= 0.6 is 0 Å². The van der Waals surface area contributed by atoms with Gasteiger partial charge in [0.2, 0.25) is 0 Å². The minimum absolute atomic E-state index is 0.0565. The van der Waals surface area contributed by atoms with Crippen LogP contribution in [0.5, 0.6) is 0 Å². The van der Waals surface area contributed by atoms with E-state index in [1.54, 1.807) is 6.33 Å². The van der Waals surface area contributed by atoms with Crippen molar-refractivity contribution in [1.29, 1.82) is 0 Å². The third kappa shape index (κ3) is 3.35. The number of hydrogen-bond donors (Lipinski definition) is 1. The van der Waals surface area contributed by atoms with Crippen LogP contribution in [0.3, 0.4) is 0 Å². The third-order valence-corrected chi connectivity index (χ3v) is 5.73. The van der Waals surface area contributed by atoms with Crippen LogP contribution < -0.4 is 10.0 Å². The molecule has 1 aromatic heterocycles. The number of nitrogens with two attached hydrogens (primary N) is 1. The van der Waals surface area contributed by atoms with E-state index < -0.39 is 10.2 Å². The molecule has 0 saturated carbocycles. The van der Waals surface area contributed by atoms with E-state index in [4.69, 9.17) is 5.14 Å². The van der Waals surface area contributed by atoms with Gasteiger partial charge in [0, 0.05) is 37.5 Å². The molecule has 7 nitrogen and oxygen atoms in total. The Bertz CT molecular complexity index is 862. The van der Waals surface area contributed by atoms with Gasteiger partial charge in [-0.15, -0.1) is 0 Å². The summed E-state index contributed by atoms with van der Waals surface area (Å²) >= 11 is 0. The quantitative estimate of drug-likeness (QED) is 0.878. The van der Waals surface area contributed by atoms with E-state index in [1.165, 1.54) is 16.9 Å². The van der Waals surface area contributed by atoms with Crippen molar-refractivity contribution in [3.8, 4) is 0 Å². The number of fused-ring (bicyclic) bond motifs is 1. The van der Waals surface area contributed by atoms with E-state index in [0.29, 0.717) is 6.54 Å². The van der Waals surface area contributed by atoms with Gasteiger partial charge in [0.1, 0.15) is 12.1 Å². The molecule has 8 heteroatoms. The first-order chi connectivity index (χ1) is 11.2. The number of nitrogens with zero attached hydrogens (tertiary/aromatic N) is 4. The second kappa shape index (κ2) is 5.94. The van der Waals surface area contributed by atoms with E-state index in [2.05, 4.69) is 40.0 Å². The van der Waals surface area contributed by atoms with Crippen LogP contribution in [0.25, 0.3) is 10.9 Å². The van der Waals surface area contributed by atoms with Gasteiger partial charge in [-0.1, -0.05) is 13.0 Å². The summed E-state index contributed by atoms with van der Waals surface area (Å²) in [7, 11) is -2.10. The van der Waals surface area contributed by atoms with Crippen LogP contribution in [-0.4, -0.2) is 49.4 Å². The molecular formula is C16H23N5O2S. The number of aromatic nitrogens is 2. The summed E-state index contributed by atoms with van der Waals surface area (Å²) in [4.78, 5) is 11.0. The van der Waals surface area contributed by atoms with Crippen molar-refractivity contribution in [2.24, 2.45) is 10.6 Å². The average Bonchev–Trinajstić information content (AvgIpc) is 2.48. The molecule has 2 heterocycles. The fourth-order valence-corrected chi connectivity index (χ4v) is 3.49. The summed E-state index contributed by atoms with van der Waals surface area (Å²) in [5, 5.41) is 6.18. The Kier molecular flexibility index (Phi) is 4.23. The van der Waals surface area contributed by atoms with E-state index in [0.717, 1.165) is 36.2 Å². The van der Waals surface area contributed by atoms with Gasteiger partial charge in [-0.05, 0) is 31.0 Å². The summed E-state index contributed by atoms with van der Waals surface area (Å²) in [6, 6.07) is 6.18. The minimum Gasteiger partial charge on any atom is -0.355 e. The number of rotatable bonds is 5. The summed E-state index contributed by atoms with van der Waals surface area (Å²) in [5.41, 5.74) is 2.18. The maximum Gasteiger partial charge on any atom is 0.276 e. The molecule has 2 aromatic rings. The smallest absolute Gasteiger partial charge is 0.276 e. The highest BCUT2D eigenvalue weighted by atomic mass is 32.2. The zero-order valence-corrected chi connectivity index (χ0v) is 15.0. The monoisotopic (exact) mass is 349 g/mol. The van der Waals surface area contributed by atoms with E-state index in [-0.39, 0.29) is 5.41 Å². The predicted octanol–water partition coefficient (Wildman–Crippen LogP) is 1.29. The van der Waals surface area contributed by atoms with Crippen molar-refractivity contribution in [1.82, 2.24) is 14.3 Å². The third-order valence-electron chi connectivity index (χ3n) is 4.68. The normalized spacial score (nSPS) is 17.3. The molecule has 0 spiro atoms. The highest BCUT2D eigenvalue weighted by molar-refractivity contribution is 7.86. The lowest BCUT2D eigenvalue weighted by Crippen LogP contribution is -2.56. The van der Waals surface area contributed by atoms with Gasteiger partial charge in [-0.3, -0.25) is 0 Å². The zero-order valence-electron chi connectivity index (χ0n) is 14.2. The van der Waals surface area contributed by atoms with E-state index in [9.17, 15) is 8.42 Å². The van der Waals surface area contributed by atoms with Gasteiger partial charge in [-0.2, -0.15) is 12.7 Å². The Balaban J connectivity index is 1.70. The average molecular weight is 349 g/mol. The van der Waals surface area contributed by atoms with Crippen LogP contribution in [0, 0.1) is 12.3 Å². The molecule has 0 radical (unpaired) electrons. The van der Waals surface area contributed by atoms with Gasteiger partial charge < -0.3 is 4.90 Å². The molecule has 0 amide bonds. The second-order valence-corrected chi connectivity index (χ2v) is 8.65. The molecule has 1 fully saturated rings. The summed E-state index contributed by atoms with van der Waals surface area (Å²) in [5.74, 6) is 0.942. The molecular weight excluding hydrogens is 326 g/mol. The van der Waals surface area contributed by atoms with Gasteiger partial charge in [0.05, 0.1) is 5.52 Å². The van der Waals surface area contributed by atoms with Crippen molar-refractivity contribution >= 4 is 26.9 Å². The Labute approximate surface area is 142 Å². The first-order valence-corrected chi connectivity index (χ1v) is 9.39. The zero-order chi connectivity index (χ0) is 17.5. The molecule has 130 valence electrons. The summed E-state index contributed by atoms with van der Waals surface area (Å²) < 4.78 is 23.8. The van der Waals surface area contributed by atoms with Crippen LogP contribution in [0.2, 0.25) is 0 Å². The molecule has 0 atom stereocenters. The molecule has 1 saturated heterocycles. The van der Waals surface area contributed by atoms with Gasteiger partial charge in [-0.25, -0.2) is 15.1 Å². The molecule has 1 aliphatic heterocycles. The molecule has 1 aliphatic rings. The van der Waals surface area contributed by atoms with Crippen LogP contribution in [-0.2, 0) is 10.2 Å². The van der Waals surface area contributed by atoms with Crippen LogP contribution in [0.4, 0.5) is 5.82 Å². The molecule has 24 heavy (non-hydrogen) atoms. The molecule has 0 bridgehead atoms. The summed E-state index contributed by atoms with van der Waals surface area (Å²) in [6.07, 6.45) is 2.36. The maximum atomic E-state index is 11.3. The molecule has 1 aromatic carbocycles. The van der Waals surface area contributed by atoms with Gasteiger partial charge in [0.25, 0.3) is 10.2 Å². The first-order valence-electron chi connectivity index (χ1n) is 7.88. The standard InChI is InChI=1S/C16H23N5O2S/c1-12-4-5-13-14(8-12)18-11-19-15(13)21-9-16(2,10-21)6-7-20(3)24(17,22)23/h4-5,8,11H,6-7,9-10H2,1-3H3,(H2,17,22,23). The number of hydrogen-bond acceptors (Lipinski definition) is 5. The Morgan fingerprint density at radius 3 is 2.71 bits per heavy atom. The SMILES string of the molecule is Cc1ccc2c(N3CC(C)(CCN(C)S(N)(=O)=O)C3)ncnc2c1. The lowest BCUT2D eigenvalue weighted by molar-refractivity contribution is 0.208. The van der Waals surface area contributed by atoms with Crippen molar-refractivity contribution < 1.29 is 8.42 Å². The fraction of sp³-hybridized carbons (Fsp3) is 0.500. The summed E-state index contributed by atoms with van der Waals surface area (Å²) in [6.45, 7) is 6.31. The second-order valence-electron chi connectivity index (χ2n) is 7.00. The highest BCUT2D eigenvalue weighted by Crippen LogP contribution is 2.38. The number of benzene rings is 1. The van der Waals surface area contributed by atoms with Gasteiger partial charge >= 0.3 is 0 Å². The number of anilines is 1.